The fourth-order valence-electron chi connectivity index (χ4n) is 3.01. The van der Waals surface area contributed by atoms with Crippen molar-refractivity contribution in [2.45, 2.75) is 64.7 Å². The molecule has 0 N–H and O–H groups in total. The van der Waals surface area contributed by atoms with Crippen LogP contribution in [0, 0.1) is 0 Å². The zero-order chi connectivity index (χ0) is 19.3. The molecule has 4 nitrogen and oxygen atoms in total. The van der Waals surface area contributed by atoms with Gasteiger partial charge in [-0.25, -0.2) is 4.79 Å². The Morgan fingerprint density at radius 2 is 1.70 bits per heavy atom. The molecule has 0 bridgehead atoms. The van der Waals surface area contributed by atoms with Gasteiger partial charge in [-0.2, -0.15) is 0 Å². The summed E-state index contributed by atoms with van der Waals surface area (Å²) >= 11 is 6.16. The summed E-state index contributed by atoms with van der Waals surface area (Å²) in [7, 11) is 0. The van der Waals surface area contributed by atoms with Crippen molar-refractivity contribution in [3.8, 4) is 5.75 Å². The van der Waals surface area contributed by atoms with Crippen molar-refractivity contribution >= 4 is 28.5 Å². The van der Waals surface area contributed by atoms with Gasteiger partial charge in [0.15, 0.2) is 6.61 Å². The number of aromatic nitrogens is 1. The molecule has 0 amide bonds. The van der Waals surface area contributed by atoms with E-state index in [0.717, 1.165) is 18.2 Å². The van der Waals surface area contributed by atoms with Crippen LogP contribution in [0.25, 0.3) is 10.9 Å². The number of benzene rings is 1. The molecule has 0 radical (unpaired) electrons. The molecule has 1 heterocycles. The number of carbonyl (C=O) groups excluding carboxylic acids is 1. The van der Waals surface area contributed by atoms with Gasteiger partial charge in [-0.3, -0.25) is 4.98 Å². The monoisotopic (exact) mass is 391 g/mol. The molecule has 0 aliphatic carbocycles. The lowest BCUT2D eigenvalue weighted by molar-refractivity contribution is -0.146. The normalized spacial score (nSPS) is 10.9. The fraction of sp³-hybridized carbons (Fsp3) is 0.545. The summed E-state index contributed by atoms with van der Waals surface area (Å²) in [6.07, 6.45) is 12.8. The van der Waals surface area contributed by atoms with Crippen LogP contribution >= 0.6 is 11.6 Å². The molecule has 0 spiro atoms. The SMILES string of the molecule is CCCCCCCCCCCOC(=O)COc1ccc(Cl)c2cccnc12. The number of halogens is 1. The average molecular weight is 392 g/mol. The minimum atomic E-state index is -0.353. The van der Waals surface area contributed by atoms with Gasteiger partial charge >= 0.3 is 5.97 Å². The van der Waals surface area contributed by atoms with Crippen molar-refractivity contribution in [2.75, 3.05) is 13.2 Å². The van der Waals surface area contributed by atoms with Crippen molar-refractivity contribution in [1.29, 1.82) is 0 Å². The highest BCUT2D eigenvalue weighted by Gasteiger charge is 2.09. The van der Waals surface area contributed by atoms with E-state index in [9.17, 15) is 4.79 Å². The molecule has 0 fully saturated rings. The zero-order valence-corrected chi connectivity index (χ0v) is 17.0. The van der Waals surface area contributed by atoms with Crippen LogP contribution in [0.15, 0.2) is 30.5 Å². The third kappa shape index (κ3) is 7.76. The van der Waals surface area contributed by atoms with E-state index in [2.05, 4.69) is 11.9 Å². The second-order valence-corrected chi connectivity index (χ2v) is 7.19. The third-order valence-electron chi connectivity index (χ3n) is 4.54. The highest BCUT2D eigenvalue weighted by atomic mass is 35.5. The summed E-state index contributed by atoms with van der Waals surface area (Å²) < 4.78 is 10.8. The van der Waals surface area contributed by atoms with Gasteiger partial charge in [-0.15, -0.1) is 0 Å². The summed E-state index contributed by atoms with van der Waals surface area (Å²) in [5.74, 6) is 0.184. The first kappa shape index (κ1) is 21.5. The Bertz CT molecular complexity index is 705. The minimum absolute atomic E-state index is 0.120. The number of pyridine rings is 1. The van der Waals surface area contributed by atoms with Gasteiger partial charge < -0.3 is 9.47 Å². The van der Waals surface area contributed by atoms with E-state index < -0.39 is 0 Å². The third-order valence-corrected chi connectivity index (χ3v) is 4.87. The molecule has 0 aliphatic heterocycles. The molecule has 0 aliphatic rings. The highest BCUT2D eigenvalue weighted by Crippen LogP contribution is 2.29. The lowest BCUT2D eigenvalue weighted by Crippen LogP contribution is -2.15. The summed E-state index contributed by atoms with van der Waals surface area (Å²) in [5, 5.41) is 1.41. The number of unbranched alkanes of at least 4 members (excludes halogenated alkanes) is 8. The molecule has 2 rings (SSSR count). The number of carbonyl (C=O) groups is 1. The first-order valence-electron chi connectivity index (χ1n) is 10.0. The maximum absolute atomic E-state index is 11.9. The number of nitrogens with zero attached hydrogens (tertiary/aromatic N) is 1. The fourth-order valence-corrected chi connectivity index (χ4v) is 3.22. The predicted octanol–water partition coefficient (Wildman–Crippen LogP) is 6.34. The quantitative estimate of drug-likeness (QED) is 0.295. The van der Waals surface area contributed by atoms with Crippen LogP contribution in [-0.4, -0.2) is 24.2 Å². The molecular weight excluding hydrogens is 362 g/mol. The Labute approximate surface area is 167 Å². The van der Waals surface area contributed by atoms with Gasteiger partial charge in [0, 0.05) is 11.6 Å². The maximum atomic E-state index is 11.9. The predicted molar refractivity (Wildman–Crippen MR) is 110 cm³/mol. The van der Waals surface area contributed by atoms with Crippen LogP contribution < -0.4 is 4.74 Å². The largest absolute Gasteiger partial charge is 0.480 e. The Kier molecular flexibility index (Phi) is 9.99. The van der Waals surface area contributed by atoms with Gasteiger partial charge in [-0.1, -0.05) is 69.9 Å². The summed E-state index contributed by atoms with van der Waals surface area (Å²) in [6.45, 7) is 2.57. The summed E-state index contributed by atoms with van der Waals surface area (Å²) in [5.41, 5.74) is 0.650. The van der Waals surface area contributed by atoms with Gasteiger partial charge in [0.05, 0.1) is 11.6 Å². The van der Waals surface area contributed by atoms with E-state index in [1.807, 2.05) is 12.1 Å². The number of hydrogen-bond acceptors (Lipinski definition) is 4. The molecular formula is C22H30ClNO3. The number of rotatable bonds is 13. The van der Waals surface area contributed by atoms with Crippen molar-refractivity contribution < 1.29 is 14.3 Å². The van der Waals surface area contributed by atoms with E-state index in [1.165, 1.54) is 44.9 Å². The van der Waals surface area contributed by atoms with Crippen molar-refractivity contribution in [3.05, 3.63) is 35.5 Å². The summed E-state index contributed by atoms with van der Waals surface area (Å²) in [6, 6.07) is 7.16. The van der Waals surface area contributed by atoms with E-state index in [-0.39, 0.29) is 12.6 Å². The molecule has 0 saturated carbocycles. The standard InChI is InChI=1S/C22H30ClNO3/c1-2-3-4-5-6-7-8-9-10-16-26-21(25)17-27-20-14-13-19(23)18-12-11-15-24-22(18)20/h11-15H,2-10,16-17H2,1H3. The number of hydrogen-bond donors (Lipinski definition) is 0. The molecule has 0 unspecified atom stereocenters. The molecule has 1 aromatic carbocycles. The number of fused-ring (bicyclic) bond motifs is 1. The van der Waals surface area contributed by atoms with Gasteiger partial charge in [0.2, 0.25) is 0 Å². The van der Waals surface area contributed by atoms with Crippen LogP contribution in [0.4, 0.5) is 0 Å². The molecule has 1 aromatic heterocycles. The van der Waals surface area contributed by atoms with E-state index in [4.69, 9.17) is 21.1 Å². The van der Waals surface area contributed by atoms with Gasteiger partial charge in [0.25, 0.3) is 0 Å². The van der Waals surface area contributed by atoms with Gasteiger partial charge in [0.1, 0.15) is 11.3 Å². The van der Waals surface area contributed by atoms with Gasteiger partial charge in [-0.05, 0) is 30.7 Å². The maximum Gasteiger partial charge on any atom is 0.344 e. The number of esters is 1. The van der Waals surface area contributed by atoms with Crippen LogP contribution in [0.3, 0.4) is 0 Å². The number of ether oxygens (including phenoxy) is 2. The molecule has 5 heteroatoms. The van der Waals surface area contributed by atoms with E-state index >= 15 is 0 Å². The smallest absolute Gasteiger partial charge is 0.344 e. The van der Waals surface area contributed by atoms with E-state index in [0.29, 0.717) is 22.9 Å². The minimum Gasteiger partial charge on any atom is -0.480 e. The molecule has 0 saturated heterocycles. The molecule has 27 heavy (non-hydrogen) atoms. The Hall–Kier alpha value is -1.81. The van der Waals surface area contributed by atoms with Crippen molar-refractivity contribution in [2.24, 2.45) is 0 Å². The molecule has 2 aromatic rings. The van der Waals surface area contributed by atoms with Crippen molar-refractivity contribution in [1.82, 2.24) is 4.98 Å². The van der Waals surface area contributed by atoms with Crippen LogP contribution in [0.1, 0.15) is 64.7 Å². The Balaban J connectivity index is 1.59. The molecule has 0 atom stereocenters. The lowest BCUT2D eigenvalue weighted by Gasteiger charge is -2.09. The Morgan fingerprint density at radius 3 is 2.44 bits per heavy atom. The van der Waals surface area contributed by atoms with Crippen LogP contribution in [0.2, 0.25) is 5.02 Å². The van der Waals surface area contributed by atoms with Crippen molar-refractivity contribution in [3.63, 3.8) is 0 Å². The summed E-state index contributed by atoms with van der Waals surface area (Å²) in [4.78, 5) is 16.1. The van der Waals surface area contributed by atoms with E-state index in [1.54, 1.807) is 18.3 Å². The first-order chi connectivity index (χ1) is 13.2. The first-order valence-corrected chi connectivity index (χ1v) is 10.4. The molecule has 148 valence electrons. The average Bonchev–Trinajstić information content (AvgIpc) is 2.69. The van der Waals surface area contributed by atoms with Crippen LogP contribution in [-0.2, 0) is 9.53 Å². The highest BCUT2D eigenvalue weighted by molar-refractivity contribution is 6.35. The Morgan fingerprint density at radius 1 is 1.00 bits per heavy atom. The second-order valence-electron chi connectivity index (χ2n) is 6.78. The van der Waals surface area contributed by atoms with Crippen LogP contribution in [0.5, 0.6) is 5.75 Å². The zero-order valence-electron chi connectivity index (χ0n) is 16.2. The topological polar surface area (TPSA) is 48.4 Å². The second kappa shape index (κ2) is 12.6. The lowest BCUT2D eigenvalue weighted by atomic mass is 10.1.